The first-order chi connectivity index (χ1) is 12.0. The lowest BCUT2D eigenvalue weighted by Crippen LogP contribution is -2.46. The van der Waals surface area contributed by atoms with Crippen LogP contribution in [0, 0.1) is 0 Å². The number of halogens is 1. The van der Waals surface area contributed by atoms with Crippen LogP contribution in [0.15, 0.2) is 29.2 Å². The van der Waals surface area contributed by atoms with Crippen LogP contribution in [0.5, 0.6) is 0 Å². The van der Waals surface area contributed by atoms with Crippen LogP contribution in [0.4, 0.5) is 0 Å². The molecule has 2 N–H and O–H groups in total. The van der Waals surface area contributed by atoms with Crippen molar-refractivity contribution in [2.45, 2.75) is 56.0 Å². The molecule has 2 unspecified atom stereocenters. The Balaban J connectivity index is 0.00000243. The summed E-state index contributed by atoms with van der Waals surface area (Å²) in [4.78, 5) is 12.7. The Hall–Kier alpha value is -1.15. The summed E-state index contributed by atoms with van der Waals surface area (Å²) in [6, 6.07) is 6.92. The molecule has 0 aromatic heterocycles. The molecule has 8 heteroatoms. The maximum atomic E-state index is 12.8. The second-order valence-corrected chi connectivity index (χ2v) is 8.98. The van der Waals surface area contributed by atoms with E-state index in [0.717, 1.165) is 38.6 Å². The molecule has 0 radical (unpaired) electrons. The van der Waals surface area contributed by atoms with E-state index in [1.165, 1.54) is 10.4 Å². The summed E-state index contributed by atoms with van der Waals surface area (Å²) in [5.41, 5.74) is 0.407. The maximum absolute atomic E-state index is 12.8. The van der Waals surface area contributed by atoms with Crippen molar-refractivity contribution in [2.24, 2.45) is 0 Å². The Morgan fingerprint density at radius 1 is 1.23 bits per heavy atom. The smallest absolute Gasteiger partial charge is 0.251 e. The number of piperidine rings is 2. The van der Waals surface area contributed by atoms with Crippen molar-refractivity contribution in [1.29, 1.82) is 0 Å². The number of hydrogen-bond donors (Lipinski definition) is 2. The second kappa shape index (κ2) is 9.17. The first kappa shape index (κ1) is 21.2. The zero-order valence-corrected chi connectivity index (χ0v) is 16.7. The van der Waals surface area contributed by atoms with E-state index in [9.17, 15) is 13.2 Å². The van der Waals surface area contributed by atoms with Crippen LogP contribution in [0.25, 0.3) is 0 Å². The number of nitrogens with zero attached hydrogens (tertiary/aromatic N) is 1. The molecule has 26 heavy (non-hydrogen) atoms. The molecule has 2 saturated heterocycles. The molecule has 0 aliphatic carbocycles. The van der Waals surface area contributed by atoms with E-state index in [1.807, 2.05) is 0 Å². The third-order valence-corrected chi connectivity index (χ3v) is 6.90. The van der Waals surface area contributed by atoms with Gasteiger partial charge in [-0.3, -0.25) is 4.79 Å². The fourth-order valence-electron chi connectivity index (χ4n) is 3.58. The fourth-order valence-corrected chi connectivity index (χ4v) is 5.15. The molecule has 0 spiro atoms. The van der Waals surface area contributed by atoms with Gasteiger partial charge in [0.2, 0.25) is 10.0 Å². The average molecular weight is 402 g/mol. The van der Waals surface area contributed by atoms with Gasteiger partial charge in [0, 0.05) is 30.7 Å². The molecule has 1 amide bonds. The molecule has 2 aliphatic heterocycles. The highest BCUT2D eigenvalue weighted by Gasteiger charge is 2.27. The Kier molecular flexibility index (Phi) is 7.46. The molecule has 1 aromatic carbocycles. The van der Waals surface area contributed by atoms with E-state index >= 15 is 0 Å². The topological polar surface area (TPSA) is 78.5 Å². The Bertz CT molecular complexity index is 720. The van der Waals surface area contributed by atoms with Gasteiger partial charge in [0.25, 0.3) is 5.91 Å². The zero-order valence-electron chi connectivity index (χ0n) is 15.1. The molecule has 2 fully saturated rings. The van der Waals surface area contributed by atoms with Crippen LogP contribution < -0.4 is 10.6 Å². The molecule has 6 nitrogen and oxygen atoms in total. The number of hydrogen-bond acceptors (Lipinski definition) is 4. The summed E-state index contributed by atoms with van der Waals surface area (Å²) < 4.78 is 27.1. The number of carbonyl (C=O) groups excluding carboxylic acids is 1. The maximum Gasteiger partial charge on any atom is 0.251 e. The monoisotopic (exact) mass is 401 g/mol. The van der Waals surface area contributed by atoms with Crippen molar-refractivity contribution < 1.29 is 13.2 Å². The number of sulfonamides is 1. The van der Waals surface area contributed by atoms with Gasteiger partial charge in [0.15, 0.2) is 0 Å². The van der Waals surface area contributed by atoms with Gasteiger partial charge < -0.3 is 10.6 Å². The first-order valence-corrected chi connectivity index (χ1v) is 10.6. The van der Waals surface area contributed by atoms with E-state index in [4.69, 9.17) is 0 Å². The van der Waals surface area contributed by atoms with E-state index < -0.39 is 10.0 Å². The molecular weight excluding hydrogens is 374 g/mol. The fraction of sp³-hybridized carbons (Fsp3) is 0.611. The summed E-state index contributed by atoms with van der Waals surface area (Å²) in [5, 5.41) is 6.39. The standard InChI is InChI=1S/C18H27N3O3S.ClH/c1-14-12-16(8-9-19-14)20-18(22)15-6-5-7-17(13-15)25(23,24)21-10-3-2-4-11-21;/h5-7,13-14,16,19H,2-4,8-12H2,1H3,(H,20,22);1H. The van der Waals surface area contributed by atoms with Gasteiger partial charge in [-0.25, -0.2) is 8.42 Å². The number of amides is 1. The normalized spacial score (nSPS) is 24.5. The summed E-state index contributed by atoms with van der Waals surface area (Å²) in [6.07, 6.45) is 4.64. The lowest BCUT2D eigenvalue weighted by atomic mass is 10.0. The zero-order chi connectivity index (χ0) is 17.9. The van der Waals surface area contributed by atoms with Crippen LogP contribution in [0.2, 0.25) is 0 Å². The molecule has 146 valence electrons. The van der Waals surface area contributed by atoms with Crippen molar-refractivity contribution in [3.63, 3.8) is 0 Å². The predicted octanol–water partition coefficient (Wildman–Crippen LogP) is 2.15. The van der Waals surface area contributed by atoms with Gasteiger partial charge in [-0.15, -0.1) is 12.4 Å². The highest BCUT2D eigenvalue weighted by molar-refractivity contribution is 7.89. The molecule has 2 aliphatic rings. The van der Waals surface area contributed by atoms with Crippen molar-refractivity contribution in [1.82, 2.24) is 14.9 Å². The SMILES string of the molecule is CC1CC(NC(=O)c2cccc(S(=O)(=O)N3CCCCC3)c2)CCN1.Cl. The van der Waals surface area contributed by atoms with E-state index in [1.54, 1.807) is 18.2 Å². The largest absolute Gasteiger partial charge is 0.349 e. The summed E-state index contributed by atoms with van der Waals surface area (Å²) >= 11 is 0. The van der Waals surface area contributed by atoms with Gasteiger partial charge in [-0.2, -0.15) is 4.31 Å². The first-order valence-electron chi connectivity index (χ1n) is 9.11. The minimum absolute atomic E-state index is 0. The minimum atomic E-state index is -3.52. The van der Waals surface area contributed by atoms with Crippen LogP contribution in [-0.4, -0.2) is 50.3 Å². The van der Waals surface area contributed by atoms with Gasteiger partial charge in [-0.1, -0.05) is 12.5 Å². The van der Waals surface area contributed by atoms with Crippen LogP contribution in [-0.2, 0) is 10.0 Å². The number of nitrogens with one attached hydrogen (secondary N) is 2. The number of rotatable bonds is 4. The Morgan fingerprint density at radius 3 is 2.65 bits per heavy atom. The van der Waals surface area contributed by atoms with Crippen molar-refractivity contribution in [2.75, 3.05) is 19.6 Å². The Labute approximate surface area is 162 Å². The molecule has 2 heterocycles. The van der Waals surface area contributed by atoms with Gasteiger partial charge in [0.05, 0.1) is 4.90 Å². The minimum Gasteiger partial charge on any atom is -0.349 e. The molecule has 3 rings (SSSR count). The number of benzene rings is 1. The molecule has 0 saturated carbocycles. The van der Waals surface area contributed by atoms with E-state index in [2.05, 4.69) is 17.6 Å². The summed E-state index contributed by atoms with van der Waals surface area (Å²) in [6.45, 7) is 4.11. The molecular formula is C18H28ClN3O3S. The van der Waals surface area contributed by atoms with Crippen LogP contribution in [0.1, 0.15) is 49.4 Å². The highest BCUT2D eigenvalue weighted by atomic mass is 35.5. The van der Waals surface area contributed by atoms with Crippen LogP contribution >= 0.6 is 12.4 Å². The van der Waals surface area contributed by atoms with Gasteiger partial charge in [-0.05, 0) is 57.4 Å². The molecule has 2 atom stereocenters. The summed E-state index contributed by atoms with van der Waals surface area (Å²) in [7, 11) is -3.52. The van der Waals surface area contributed by atoms with E-state index in [-0.39, 0.29) is 29.3 Å². The third kappa shape index (κ3) is 4.97. The van der Waals surface area contributed by atoms with Gasteiger partial charge >= 0.3 is 0 Å². The number of carbonyl (C=O) groups is 1. The predicted molar refractivity (Wildman–Crippen MR) is 104 cm³/mol. The van der Waals surface area contributed by atoms with Crippen LogP contribution in [0.3, 0.4) is 0 Å². The van der Waals surface area contributed by atoms with Crippen molar-refractivity contribution in [3.05, 3.63) is 29.8 Å². The summed E-state index contributed by atoms with van der Waals surface area (Å²) in [5.74, 6) is -0.199. The lowest BCUT2D eigenvalue weighted by Gasteiger charge is -2.28. The Morgan fingerprint density at radius 2 is 1.96 bits per heavy atom. The van der Waals surface area contributed by atoms with Gasteiger partial charge in [0.1, 0.15) is 0 Å². The van der Waals surface area contributed by atoms with Crippen molar-refractivity contribution >= 4 is 28.3 Å². The average Bonchev–Trinajstić information content (AvgIpc) is 2.62. The van der Waals surface area contributed by atoms with Crippen molar-refractivity contribution in [3.8, 4) is 0 Å². The van der Waals surface area contributed by atoms with E-state index in [0.29, 0.717) is 24.7 Å². The third-order valence-electron chi connectivity index (χ3n) is 5.01. The quantitative estimate of drug-likeness (QED) is 0.810. The second-order valence-electron chi connectivity index (χ2n) is 7.04. The highest BCUT2D eigenvalue weighted by Crippen LogP contribution is 2.21. The lowest BCUT2D eigenvalue weighted by molar-refractivity contribution is 0.0925. The molecule has 0 bridgehead atoms. The molecule has 1 aromatic rings.